The van der Waals surface area contributed by atoms with Crippen molar-refractivity contribution in [1.29, 1.82) is 0 Å². The highest BCUT2D eigenvalue weighted by atomic mass is 28.4. The van der Waals surface area contributed by atoms with Crippen molar-refractivity contribution in [3.05, 3.63) is 0 Å². The zero-order chi connectivity index (χ0) is 23.7. The van der Waals surface area contributed by atoms with Crippen LogP contribution in [0.4, 0.5) is 0 Å². The van der Waals surface area contributed by atoms with Crippen molar-refractivity contribution in [2.75, 3.05) is 14.2 Å². The maximum Gasteiger partial charge on any atom is 0.184 e. The standard InChI is InChI=1S/C20H48O6Si4/c1-21-15-17(23-27(3,4)5)19(25-29(9,10)11)16(22-2)20(26-30(12,13)14)18(15)24-28(6,7)8/h15-20H,1-14H3/t15?,16?,17-,18-,19-,20+/m0/s1. The van der Waals surface area contributed by atoms with Gasteiger partial charge >= 0.3 is 0 Å². The van der Waals surface area contributed by atoms with E-state index in [1.165, 1.54) is 0 Å². The molecule has 6 atom stereocenters. The predicted molar refractivity (Wildman–Crippen MR) is 134 cm³/mol. The van der Waals surface area contributed by atoms with Gasteiger partial charge in [-0.25, -0.2) is 0 Å². The molecule has 10 heteroatoms. The fourth-order valence-electron chi connectivity index (χ4n) is 3.83. The lowest BCUT2D eigenvalue weighted by atomic mass is 9.84. The molecular formula is C20H48O6Si4. The van der Waals surface area contributed by atoms with Crippen LogP contribution in [-0.2, 0) is 27.2 Å². The fourth-order valence-corrected chi connectivity index (χ4v) is 8.17. The molecule has 1 aliphatic carbocycles. The molecule has 1 fully saturated rings. The Balaban J connectivity index is 3.58. The molecule has 180 valence electrons. The number of methoxy groups -OCH3 is 2. The number of hydrogen-bond donors (Lipinski definition) is 0. The van der Waals surface area contributed by atoms with Crippen molar-refractivity contribution >= 4 is 33.3 Å². The quantitative estimate of drug-likeness (QED) is 0.401. The van der Waals surface area contributed by atoms with Gasteiger partial charge in [-0.1, -0.05) is 0 Å². The van der Waals surface area contributed by atoms with E-state index in [0.717, 1.165) is 0 Å². The van der Waals surface area contributed by atoms with Crippen LogP contribution in [0, 0.1) is 0 Å². The van der Waals surface area contributed by atoms with Crippen molar-refractivity contribution in [3.63, 3.8) is 0 Å². The largest absolute Gasteiger partial charge is 0.409 e. The number of rotatable bonds is 10. The van der Waals surface area contributed by atoms with Crippen LogP contribution in [0.15, 0.2) is 0 Å². The molecule has 0 aromatic rings. The predicted octanol–water partition coefficient (Wildman–Crippen LogP) is 4.91. The second-order valence-corrected chi connectivity index (χ2v) is 30.0. The maximum atomic E-state index is 6.72. The van der Waals surface area contributed by atoms with Crippen LogP contribution in [0.2, 0.25) is 78.6 Å². The minimum absolute atomic E-state index is 0.263. The molecule has 0 bridgehead atoms. The lowest BCUT2D eigenvalue weighted by Crippen LogP contribution is -2.71. The Morgan fingerprint density at radius 1 is 0.333 bits per heavy atom. The van der Waals surface area contributed by atoms with E-state index in [4.69, 9.17) is 27.2 Å². The summed E-state index contributed by atoms with van der Waals surface area (Å²) in [6.07, 6.45) is -1.61. The summed E-state index contributed by atoms with van der Waals surface area (Å²) in [7, 11) is -4.09. The van der Waals surface area contributed by atoms with E-state index in [1.54, 1.807) is 14.2 Å². The molecule has 0 radical (unpaired) electrons. The van der Waals surface area contributed by atoms with Gasteiger partial charge in [0.05, 0.1) is 0 Å². The summed E-state index contributed by atoms with van der Waals surface area (Å²) in [4.78, 5) is 0. The second kappa shape index (κ2) is 10.3. The monoisotopic (exact) mass is 496 g/mol. The molecule has 0 aromatic heterocycles. The Bertz CT molecular complexity index is 443. The number of ether oxygens (including phenoxy) is 2. The normalized spacial score (nSPS) is 31.8. The first kappa shape index (κ1) is 28.7. The van der Waals surface area contributed by atoms with Crippen LogP contribution in [0.1, 0.15) is 0 Å². The molecule has 0 aromatic carbocycles. The second-order valence-electron chi connectivity index (χ2n) is 12.2. The molecule has 0 aliphatic heterocycles. The van der Waals surface area contributed by atoms with E-state index in [0.29, 0.717) is 0 Å². The molecule has 0 heterocycles. The summed E-state index contributed by atoms with van der Waals surface area (Å²) in [6, 6.07) is 0. The molecule has 30 heavy (non-hydrogen) atoms. The molecule has 0 spiro atoms. The smallest absolute Gasteiger partial charge is 0.184 e. The van der Waals surface area contributed by atoms with E-state index >= 15 is 0 Å². The van der Waals surface area contributed by atoms with Gasteiger partial charge in [-0.05, 0) is 78.6 Å². The fraction of sp³-hybridized carbons (Fsp3) is 1.00. The van der Waals surface area contributed by atoms with Gasteiger partial charge < -0.3 is 27.2 Å². The van der Waals surface area contributed by atoms with Gasteiger partial charge in [0.1, 0.15) is 36.6 Å². The third-order valence-electron chi connectivity index (χ3n) is 4.45. The van der Waals surface area contributed by atoms with Crippen LogP contribution >= 0.6 is 0 Å². The minimum Gasteiger partial charge on any atom is -0.409 e. The third-order valence-corrected chi connectivity index (χ3v) is 8.36. The van der Waals surface area contributed by atoms with E-state index in [9.17, 15) is 0 Å². The van der Waals surface area contributed by atoms with Crippen molar-refractivity contribution in [1.82, 2.24) is 0 Å². The summed E-state index contributed by atoms with van der Waals surface area (Å²) in [5.74, 6) is 0. The first-order valence-corrected chi connectivity index (χ1v) is 24.7. The highest BCUT2D eigenvalue weighted by molar-refractivity contribution is 6.71. The molecule has 0 N–H and O–H groups in total. The van der Waals surface area contributed by atoms with Crippen molar-refractivity contribution < 1.29 is 27.2 Å². The molecule has 1 aliphatic rings. The van der Waals surface area contributed by atoms with Gasteiger partial charge in [0, 0.05) is 14.2 Å². The Morgan fingerprint density at radius 3 is 0.600 bits per heavy atom. The summed E-state index contributed by atoms with van der Waals surface area (Å²) in [5, 5.41) is 0. The Morgan fingerprint density at radius 2 is 0.500 bits per heavy atom. The topological polar surface area (TPSA) is 55.4 Å². The number of hydrogen-bond acceptors (Lipinski definition) is 6. The van der Waals surface area contributed by atoms with Crippen molar-refractivity contribution in [2.45, 2.75) is 115 Å². The van der Waals surface area contributed by atoms with Gasteiger partial charge in [0.15, 0.2) is 33.3 Å². The molecule has 1 saturated carbocycles. The molecule has 0 amide bonds. The first-order valence-electron chi connectivity index (χ1n) is 11.0. The SMILES string of the molecule is COC1[C@@H](O[Si](C)(C)C)[C@@H](O[Si](C)(C)C)C(OC)[C@H](O[Si](C)(C)C)[C@H]1O[Si](C)(C)C. The van der Waals surface area contributed by atoms with Crippen LogP contribution < -0.4 is 0 Å². The van der Waals surface area contributed by atoms with Crippen molar-refractivity contribution in [2.24, 2.45) is 0 Å². The summed E-state index contributed by atoms with van der Waals surface area (Å²) >= 11 is 0. The average Bonchev–Trinajstić information content (AvgIpc) is 2.46. The molecule has 1 rings (SSSR count). The van der Waals surface area contributed by atoms with Crippen molar-refractivity contribution in [3.8, 4) is 0 Å². The Labute approximate surface area is 189 Å². The molecule has 2 unspecified atom stereocenters. The van der Waals surface area contributed by atoms with Gasteiger partial charge in [0.25, 0.3) is 0 Å². The Kier molecular flexibility index (Phi) is 9.81. The summed E-state index contributed by atoms with van der Waals surface area (Å²) < 4.78 is 39.1. The van der Waals surface area contributed by atoms with Crippen LogP contribution in [0.5, 0.6) is 0 Å². The molecule has 6 nitrogen and oxygen atoms in total. The van der Waals surface area contributed by atoms with Gasteiger partial charge in [-0.15, -0.1) is 0 Å². The Hall–Kier alpha value is 0.628. The maximum absolute atomic E-state index is 6.72. The van der Waals surface area contributed by atoms with E-state index < -0.39 is 33.3 Å². The van der Waals surface area contributed by atoms with E-state index in [1.807, 2.05) is 0 Å². The van der Waals surface area contributed by atoms with Crippen LogP contribution in [0.25, 0.3) is 0 Å². The van der Waals surface area contributed by atoms with Gasteiger partial charge in [-0.3, -0.25) is 0 Å². The van der Waals surface area contributed by atoms with Crippen LogP contribution in [-0.4, -0.2) is 84.1 Å². The van der Waals surface area contributed by atoms with Gasteiger partial charge in [-0.2, -0.15) is 0 Å². The third kappa shape index (κ3) is 9.24. The summed E-state index contributed by atoms with van der Waals surface area (Å²) in [6.45, 7) is 26.4. The molecule has 0 saturated heterocycles. The van der Waals surface area contributed by atoms with E-state index in [-0.39, 0.29) is 36.6 Å². The van der Waals surface area contributed by atoms with Gasteiger partial charge in [0.2, 0.25) is 0 Å². The molecular weight excluding hydrogens is 449 g/mol. The average molecular weight is 497 g/mol. The zero-order valence-corrected chi connectivity index (χ0v) is 25.9. The minimum atomic E-state index is -1.90. The lowest BCUT2D eigenvalue weighted by molar-refractivity contribution is -0.218. The summed E-state index contributed by atoms with van der Waals surface area (Å²) in [5.41, 5.74) is 0. The highest BCUT2D eigenvalue weighted by Gasteiger charge is 2.57. The lowest BCUT2D eigenvalue weighted by Gasteiger charge is -2.54. The van der Waals surface area contributed by atoms with E-state index in [2.05, 4.69) is 78.6 Å². The first-order chi connectivity index (χ1) is 13.3. The highest BCUT2D eigenvalue weighted by Crippen LogP contribution is 2.37. The zero-order valence-electron chi connectivity index (χ0n) is 21.9. The van der Waals surface area contributed by atoms with Crippen LogP contribution in [0.3, 0.4) is 0 Å².